The van der Waals surface area contributed by atoms with Gasteiger partial charge in [0.05, 0.1) is 19.8 Å². The number of amides is 1. The van der Waals surface area contributed by atoms with Gasteiger partial charge in [-0.25, -0.2) is 4.79 Å². The number of piperidine rings is 1. The van der Waals surface area contributed by atoms with E-state index in [-0.39, 0.29) is 6.09 Å². The van der Waals surface area contributed by atoms with Crippen LogP contribution in [-0.4, -0.2) is 76.0 Å². The molecule has 8 heteroatoms. The van der Waals surface area contributed by atoms with Crippen LogP contribution in [0.15, 0.2) is 29.3 Å². The molecule has 1 aromatic carbocycles. The van der Waals surface area contributed by atoms with Crippen LogP contribution in [-0.2, 0) is 16.0 Å². The van der Waals surface area contributed by atoms with E-state index < -0.39 is 0 Å². The Labute approximate surface area is 173 Å². The maximum Gasteiger partial charge on any atom is 0.409 e. The number of rotatable bonds is 5. The molecular formula is C21H33N5O3. The summed E-state index contributed by atoms with van der Waals surface area (Å²) < 4.78 is 10.5. The predicted molar refractivity (Wildman–Crippen MR) is 114 cm³/mol. The molecule has 0 bridgehead atoms. The zero-order chi connectivity index (χ0) is 20.5. The molecule has 0 aromatic heterocycles. The lowest BCUT2D eigenvalue weighted by Crippen LogP contribution is -2.49. The molecule has 0 radical (unpaired) electrons. The number of nitrogens with zero attached hydrogens (tertiary/aromatic N) is 3. The molecule has 0 atom stereocenters. The second-order valence-corrected chi connectivity index (χ2v) is 7.30. The highest BCUT2D eigenvalue weighted by Gasteiger charge is 2.24. The van der Waals surface area contributed by atoms with Gasteiger partial charge >= 0.3 is 6.09 Å². The fourth-order valence-electron chi connectivity index (χ4n) is 3.64. The minimum Gasteiger partial charge on any atom is -0.450 e. The van der Waals surface area contributed by atoms with E-state index in [4.69, 9.17) is 9.47 Å². The topological polar surface area (TPSA) is 78.4 Å². The number of anilines is 1. The SMILES string of the molecule is CCOC(=O)N1CCC(NC(=NC)NCc2ccc(N3CCOCC3)cc2)CC1. The largest absolute Gasteiger partial charge is 0.450 e. The molecule has 0 aliphatic carbocycles. The van der Waals surface area contributed by atoms with Crippen molar-refractivity contribution in [2.75, 3.05) is 57.9 Å². The minimum atomic E-state index is -0.214. The Balaban J connectivity index is 1.42. The van der Waals surface area contributed by atoms with Gasteiger partial charge in [-0.05, 0) is 37.5 Å². The fraction of sp³-hybridized carbons (Fsp3) is 0.619. The van der Waals surface area contributed by atoms with Crippen molar-refractivity contribution in [2.45, 2.75) is 32.4 Å². The summed E-state index contributed by atoms with van der Waals surface area (Å²) in [5.41, 5.74) is 2.45. The summed E-state index contributed by atoms with van der Waals surface area (Å²) in [7, 11) is 1.78. The highest BCUT2D eigenvalue weighted by atomic mass is 16.6. The number of ether oxygens (including phenoxy) is 2. The third-order valence-corrected chi connectivity index (χ3v) is 5.36. The van der Waals surface area contributed by atoms with Crippen LogP contribution in [0.5, 0.6) is 0 Å². The van der Waals surface area contributed by atoms with Gasteiger partial charge in [0.25, 0.3) is 0 Å². The first kappa shape index (κ1) is 21.2. The van der Waals surface area contributed by atoms with Gasteiger partial charge in [-0.1, -0.05) is 12.1 Å². The molecule has 0 saturated carbocycles. The lowest BCUT2D eigenvalue weighted by Gasteiger charge is -2.32. The molecular weight excluding hydrogens is 370 g/mol. The molecule has 2 saturated heterocycles. The van der Waals surface area contributed by atoms with Crippen LogP contribution in [0.4, 0.5) is 10.5 Å². The lowest BCUT2D eigenvalue weighted by atomic mass is 10.1. The summed E-state index contributed by atoms with van der Waals surface area (Å²) in [5, 5.41) is 6.85. The summed E-state index contributed by atoms with van der Waals surface area (Å²) in [4.78, 5) is 20.3. The first-order valence-corrected chi connectivity index (χ1v) is 10.5. The summed E-state index contributed by atoms with van der Waals surface area (Å²) in [5.74, 6) is 0.789. The molecule has 3 rings (SSSR count). The van der Waals surface area contributed by atoms with Gasteiger partial charge in [0.1, 0.15) is 0 Å². The van der Waals surface area contributed by atoms with E-state index in [1.165, 1.54) is 11.3 Å². The number of nitrogens with one attached hydrogen (secondary N) is 2. The lowest BCUT2D eigenvalue weighted by molar-refractivity contribution is 0.0963. The van der Waals surface area contributed by atoms with Crippen LogP contribution in [0.2, 0.25) is 0 Å². The summed E-state index contributed by atoms with van der Waals surface area (Å²) in [6, 6.07) is 8.95. The Morgan fingerprint density at radius 2 is 1.86 bits per heavy atom. The average Bonchev–Trinajstić information content (AvgIpc) is 2.78. The maximum atomic E-state index is 11.8. The second-order valence-electron chi connectivity index (χ2n) is 7.30. The Morgan fingerprint density at radius 3 is 2.48 bits per heavy atom. The van der Waals surface area contributed by atoms with Crippen molar-refractivity contribution in [3.05, 3.63) is 29.8 Å². The van der Waals surface area contributed by atoms with Crippen molar-refractivity contribution >= 4 is 17.7 Å². The highest BCUT2D eigenvalue weighted by molar-refractivity contribution is 5.80. The number of aliphatic imine (C=N–C) groups is 1. The molecule has 1 aromatic rings. The van der Waals surface area contributed by atoms with Gasteiger partial charge in [-0.15, -0.1) is 0 Å². The molecule has 1 amide bonds. The predicted octanol–water partition coefficient (Wildman–Crippen LogP) is 1.81. The van der Waals surface area contributed by atoms with Crippen LogP contribution in [0.25, 0.3) is 0 Å². The average molecular weight is 404 g/mol. The van der Waals surface area contributed by atoms with Crippen molar-refractivity contribution in [1.82, 2.24) is 15.5 Å². The zero-order valence-electron chi connectivity index (χ0n) is 17.5. The summed E-state index contributed by atoms with van der Waals surface area (Å²) >= 11 is 0. The number of guanidine groups is 1. The van der Waals surface area contributed by atoms with Crippen LogP contribution >= 0.6 is 0 Å². The fourth-order valence-corrected chi connectivity index (χ4v) is 3.64. The molecule has 8 nitrogen and oxygen atoms in total. The minimum absolute atomic E-state index is 0.214. The van der Waals surface area contributed by atoms with Crippen molar-refractivity contribution in [1.29, 1.82) is 0 Å². The van der Waals surface area contributed by atoms with Crippen molar-refractivity contribution in [2.24, 2.45) is 4.99 Å². The molecule has 29 heavy (non-hydrogen) atoms. The van der Waals surface area contributed by atoms with Gasteiger partial charge in [0.15, 0.2) is 5.96 Å². The summed E-state index contributed by atoms with van der Waals surface area (Å²) in [6.07, 6.45) is 1.55. The van der Waals surface area contributed by atoms with Crippen molar-refractivity contribution in [3.8, 4) is 0 Å². The molecule has 2 fully saturated rings. The van der Waals surface area contributed by atoms with Gasteiger partial charge in [0, 0.05) is 51.5 Å². The number of carbonyl (C=O) groups excluding carboxylic acids is 1. The molecule has 0 spiro atoms. The summed E-state index contributed by atoms with van der Waals surface area (Å²) in [6.45, 7) is 7.86. The van der Waals surface area contributed by atoms with Gasteiger partial charge in [-0.3, -0.25) is 4.99 Å². The van der Waals surface area contributed by atoms with Crippen molar-refractivity contribution < 1.29 is 14.3 Å². The van der Waals surface area contributed by atoms with Crippen LogP contribution in [0.1, 0.15) is 25.3 Å². The molecule has 2 heterocycles. The molecule has 2 N–H and O–H groups in total. The standard InChI is InChI=1S/C21H33N5O3/c1-3-29-21(27)26-10-8-18(9-11-26)24-20(22-2)23-16-17-4-6-19(7-5-17)25-12-14-28-15-13-25/h4-7,18H,3,8-16H2,1-2H3,(H2,22,23,24). The Kier molecular flexibility index (Phi) is 7.98. The van der Waals surface area contributed by atoms with E-state index in [1.54, 1.807) is 11.9 Å². The van der Waals surface area contributed by atoms with Crippen LogP contribution in [0, 0.1) is 0 Å². The zero-order valence-corrected chi connectivity index (χ0v) is 17.5. The Bertz CT molecular complexity index is 665. The first-order chi connectivity index (χ1) is 14.2. The normalized spacial score (nSPS) is 18.5. The number of carbonyl (C=O) groups is 1. The number of morpholine rings is 1. The molecule has 0 unspecified atom stereocenters. The number of likely N-dealkylation sites (tertiary alicyclic amines) is 1. The monoisotopic (exact) mass is 403 g/mol. The third-order valence-electron chi connectivity index (χ3n) is 5.36. The smallest absolute Gasteiger partial charge is 0.409 e. The van der Waals surface area contributed by atoms with Gasteiger partial charge in [-0.2, -0.15) is 0 Å². The van der Waals surface area contributed by atoms with Gasteiger partial charge in [0.2, 0.25) is 0 Å². The number of benzene rings is 1. The van der Waals surface area contributed by atoms with E-state index in [2.05, 4.69) is 44.8 Å². The van der Waals surface area contributed by atoms with E-state index in [9.17, 15) is 4.79 Å². The van der Waals surface area contributed by atoms with E-state index in [1.807, 2.05) is 6.92 Å². The van der Waals surface area contributed by atoms with Crippen molar-refractivity contribution in [3.63, 3.8) is 0 Å². The molecule has 160 valence electrons. The van der Waals surface area contributed by atoms with Gasteiger partial charge < -0.3 is 29.9 Å². The molecule has 2 aliphatic rings. The number of hydrogen-bond acceptors (Lipinski definition) is 5. The Morgan fingerprint density at radius 1 is 1.17 bits per heavy atom. The first-order valence-electron chi connectivity index (χ1n) is 10.5. The third kappa shape index (κ3) is 6.25. The highest BCUT2D eigenvalue weighted by Crippen LogP contribution is 2.16. The second kappa shape index (κ2) is 10.9. The van der Waals surface area contributed by atoms with E-state index in [0.717, 1.165) is 45.1 Å². The van der Waals surface area contributed by atoms with Crippen LogP contribution < -0.4 is 15.5 Å². The molecule has 2 aliphatic heterocycles. The van der Waals surface area contributed by atoms with E-state index in [0.29, 0.717) is 32.3 Å². The quantitative estimate of drug-likeness (QED) is 0.577. The van der Waals surface area contributed by atoms with E-state index >= 15 is 0 Å². The Hall–Kier alpha value is -2.48. The van der Waals surface area contributed by atoms with Crippen LogP contribution in [0.3, 0.4) is 0 Å². The maximum absolute atomic E-state index is 11.8. The number of hydrogen-bond donors (Lipinski definition) is 2.